The number of aliphatic hydroxyl groups is 3. The molecule has 1 aliphatic rings. The second kappa shape index (κ2) is 7.66. The fourth-order valence-electron chi connectivity index (χ4n) is 2.18. The van der Waals surface area contributed by atoms with Crippen molar-refractivity contribution in [3.8, 4) is 0 Å². The Morgan fingerprint density at radius 3 is 2.57 bits per heavy atom. The highest BCUT2D eigenvalue weighted by Crippen LogP contribution is 2.31. The average Bonchev–Trinajstić information content (AvgIpc) is 2.41. The molecular formula is C12H21NO8. The molecule has 9 nitrogen and oxygen atoms in total. The normalized spacial score (nSPS) is 32.7. The van der Waals surface area contributed by atoms with Crippen LogP contribution < -0.4 is 5.32 Å². The number of carboxylic acids is 1. The second-order valence-corrected chi connectivity index (χ2v) is 4.82. The Labute approximate surface area is 121 Å². The average molecular weight is 307 g/mol. The van der Waals surface area contributed by atoms with Crippen LogP contribution in [0, 0.1) is 0 Å². The molecule has 1 aliphatic heterocycles. The molecular weight excluding hydrogens is 286 g/mol. The van der Waals surface area contributed by atoms with Gasteiger partial charge in [-0.3, -0.25) is 4.79 Å². The Morgan fingerprint density at radius 1 is 1.43 bits per heavy atom. The van der Waals surface area contributed by atoms with Gasteiger partial charge in [0.05, 0.1) is 25.4 Å². The minimum absolute atomic E-state index is 0.0848. The maximum atomic E-state index is 11.4. The monoisotopic (exact) mass is 307 g/mol. The van der Waals surface area contributed by atoms with E-state index < -0.39 is 48.9 Å². The van der Waals surface area contributed by atoms with Gasteiger partial charge >= 0.3 is 5.97 Å². The Morgan fingerprint density at radius 2 is 2.10 bits per heavy atom. The zero-order valence-corrected chi connectivity index (χ0v) is 11.7. The van der Waals surface area contributed by atoms with E-state index in [0.717, 1.165) is 0 Å². The molecule has 1 amide bonds. The first-order valence-electron chi connectivity index (χ1n) is 6.58. The topological polar surface area (TPSA) is 146 Å². The van der Waals surface area contributed by atoms with Crippen molar-refractivity contribution < 1.29 is 39.5 Å². The van der Waals surface area contributed by atoms with Gasteiger partial charge in [0, 0.05) is 20.0 Å². The highest BCUT2D eigenvalue weighted by molar-refractivity contribution is 5.76. The summed E-state index contributed by atoms with van der Waals surface area (Å²) in [5.41, 5.74) is 0. The Bertz CT molecular complexity index is 376. The SMILES string of the molecule is CC(=O)NC1C(O)CC(OCCCO)(C(=O)O)OC1CO. The summed E-state index contributed by atoms with van der Waals surface area (Å²) in [6.07, 6.45) is -2.59. The molecule has 0 spiro atoms. The molecule has 0 aliphatic carbocycles. The van der Waals surface area contributed by atoms with Crippen LogP contribution >= 0.6 is 0 Å². The number of amides is 1. The zero-order chi connectivity index (χ0) is 16.0. The first-order valence-corrected chi connectivity index (χ1v) is 6.58. The smallest absolute Gasteiger partial charge is 0.364 e. The van der Waals surface area contributed by atoms with Crippen molar-refractivity contribution in [2.45, 2.75) is 43.8 Å². The molecule has 0 radical (unpaired) electrons. The Balaban J connectivity index is 2.89. The van der Waals surface area contributed by atoms with Gasteiger partial charge in [0.25, 0.3) is 5.79 Å². The molecule has 0 aromatic carbocycles. The van der Waals surface area contributed by atoms with Gasteiger partial charge in [0.2, 0.25) is 5.91 Å². The van der Waals surface area contributed by atoms with E-state index in [-0.39, 0.29) is 19.6 Å². The predicted octanol–water partition coefficient (Wildman–Crippen LogP) is -2.19. The maximum absolute atomic E-state index is 11.4. The first kappa shape index (κ1) is 17.8. The van der Waals surface area contributed by atoms with Crippen LogP contribution in [0.5, 0.6) is 0 Å². The summed E-state index contributed by atoms with van der Waals surface area (Å²) >= 11 is 0. The lowest BCUT2D eigenvalue weighted by molar-refractivity contribution is -0.299. The van der Waals surface area contributed by atoms with Gasteiger partial charge in [-0.1, -0.05) is 0 Å². The van der Waals surface area contributed by atoms with E-state index in [0.29, 0.717) is 0 Å². The van der Waals surface area contributed by atoms with Crippen molar-refractivity contribution in [1.82, 2.24) is 5.32 Å². The third-order valence-corrected chi connectivity index (χ3v) is 3.15. The summed E-state index contributed by atoms with van der Waals surface area (Å²) in [6, 6.07) is -0.929. The van der Waals surface area contributed by atoms with E-state index in [1.54, 1.807) is 0 Å². The number of aliphatic hydroxyl groups excluding tert-OH is 3. The van der Waals surface area contributed by atoms with Gasteiger partial charge in [-0.05, 0) is 6.42 Å². The molecule has 1 rings (SSSR count). The Hall–Kier alpha value is -1.26. The fraction of sp³-hybridized carbons (Fsp3) is 0.833. The third kappa shape index (κ3) is 4.35. The molecule has 1 fully saturated rings. The van der Waals surface area contributed by atoms with E-state index in [9.17, 15) is 24.9 Å². The number of ether oxygens (including phenoxy) is 2. The van der Waals surface area contributed by atoms with Crippen LogP contribution in [0.2, 0.25) is 0 Å². The highest BCUT2D eigenvalue weighted by Gasteiger charge is 2.53. The van der Waals surface area contributed by atoms with Crippen LogP contribution in [-0.2, 0) is 19.1 Å². The van der Waals surface area contributed by atoms with Crippen molar-refractivity contribution >= 4 is 11.9 Å². The number of rotatable bonds is 7. The molecule has 5 N–H and O–H groups in total. The minimum Gasteiger partial charge on any atom is -0.477 e. The van der Waals surface area contributed by atoms with E-state index in [4.69, 9.17) is 14.6 Å². The zero-order valence-electron chi connectivity index (χ0n) is 11.7. The Kier molecular flexibility index (Phi) is 6.49. The summed E-state index contributed by atoms with van der Waals surface area (Å²) in [4.78, 5) is 22.5. The van der Waals surface area contributed by atoms with Gasteiger partial charge in [0.1, 0.15) is 6.10 Å². The number of hydrogen-bond donors (Lipinski definition) is 5. The molecule has 4 atom stereocenters. The molecule has 0 saturated carbocycles. The summed E-state index contributed by atoms with van der Waals surface area (Å²) in [5.74, 6) is -4.00. The number of carboxylic acid groups (broad SMARTS) is 1. The third-order valence-electron chi connectivity index (χ3n) is 3.15. The largest absolute Gasteiger partial charge is 0.477 e. The van der Waals surface area contributed by atoms with Crippen molar-refractivity contribution in [2.75, 3.05) is 19.8 Å². The lowest BCUT2D eigenvalue weighted by Gasteiger charge is -2.44. The quantitative estimate of drug-likeness (QED) is 0.333. The molecule has 0 aromatic heterocycles. The first-order chi connectivity index (χ1) is 9.86. The molecule has 4 unspecified atom stereocenters. The standard InChI is InChI=1S/C12H21NO8/c1-7(16)13-10-8(17)5-12(11(18)19,20-4-2-3-14)21-9(10)6-15/h8-10,14-15,17H,2-6H2,1H3,(H,13,16)(H,18,19). The van der Waals surface area contributed by atoms with Crippen molar-refractivity contribution in [3.63, 3.8) is 0 Å². The van der Waals surface area contributed by atoms with Gasteiger partial charge in [-0.25, -0.2) is 4.79 Å². The van der Waals surface area contributed by atoms with E-state index >= 15 is 0 Å². The summed E-state index contributed by atoms with van der Waals surface area (Å²) in [5, 5.41) is 39.8. The predicted molar refractivity (Wildman–Crippen MR) is 68.2 cm³/mol. The number of carbonyl (C=O) groups is 2. The molecule has 21 heavy (non-hydrogen) atoms. The lowest BCUT2D eigenvalue weighted by atomic mass is 9.93. The summed E-state index contributed by atoms with van der Waals surface area (Å²) in [7, 11) is 0. The van der Waals surface area contributed by atoms with Crippen LogP contribution in [0.25, 0.3) is 0 Å². The lowest BCUT2D eigenvalue weighted by Crippen LogP contribution is -2.64. The van der Waals surface area contributed by atoms with Crippen LogP contribution in [0.4, 0.5) is 0 Å². The van der Waals surface area contributed by atoms with Gasteiger partial charge in [-0.2, -0.15) is 0 Å². The summed E-state index contributed by atoms with van der Waals surface area (Å²) in [6.45, 7) is 0.368. The molecule has 1 heterocycles. The number of aliphatic carboxylic acids is 1. The highest BCUT2D eigenvalue weighted by atomic mass is 16.7. The second-order valence-electron chi connectivity index (χ2n) is 4.82. The van der Waals surface area contributed by atoms with Crippen molar-refractivity contribution in [3.05, 3.63) is 0 Å². The van der Waals surface area contributed by atoms with E-state index in [2.05, 4.69) is 5.32 Å². The molecule has 9 heteroatoms. The minimum atomic E-state index is -2.11. The van der Waals surface area contributed by atoms with Crippen LogP contribution in [0.3, 0.4) is 0 Å². The maximum Gasteiger partial charge on any atom is 0.364 e. The van der Waals surface area contributed by atoms with Crippen molar-refractivity contribution in [1.29, 1.82) is 0 Å². The number of carbonyl (C=O) groups excluding carboxylic acids is 1. The van der Waals surface area contributed by atoms with Gasteiger partial charge in [0.15, 0.2) is 0 Å². The van der Waals surface area contributed by atoms with Gasteiger partial charge < -0.3 is 35.2 Å². The van der Waals surface area contributed by atoms with Gasteiger partial charge in [-0.15, -0.1) is 0 Å². The molecule has 0 aromatic rings. The number of hydrogen-bond acceptors (Lipinski definition) is 7. The molecule has 1 saturated heterocycles. The summed E-state index contributed by atoms with van der Waals surface area (Å²) < 4.78 is 10.4. The van der Waals surface area contributed by atoms with Crippen LogP contribution in [-0.4, -0.2) is 76.2 Å². The number of nitrogens with one attached hydrogen (secondary N) is 1. The van der Waals surface area contributed by atoms with Crippen LogP contribution in [0.15, 0.2) is 0 Å². The van der Waals surface area contributed by atoms with Crippen LogP contribution in [0.1, 0.15) is 19.8 Å². The molecule has 0 bridgehead atoms. The van der Waals surface area contributed by atoms with E-state index in [1.807, 2.05) is 0 Å². The van der Waals surface area contributed by atoms with Crippen molar-refractivity contribution in [2.24, 2.45) is 0 Å². The van der Waals surface area contributed by atoms with E-state index in [1.165, 1.54) is 6.92 Å². The fourth-order valence-corrected chi connectivity index (χ4v) is 2.18. The molecule has 122 valence electrons.